The second-order valence-electron chi connectivity index (χ2n) is 3.35. The van der Waals surface area contributed by atoms with Gasteiger partial charge in [-0.3, -0.25) is 0 Å². The van der Waals surface area contributed by atoms with Crippen molar-refractivity contribution in [1.29, 1.82) is 0 Å². The lowest BCUT2D eigenvalue weighted by Crippen LogP contribution is -1.93. The third kappa shape index (κ3) is 3.22. The molecule has 0 radical (unpaired) electrons. The average Bonchev–Trinajstić information content (AvgIpc) is 2.77. The number of nitrogens with zero attached hydrogens (tertiary/aromatic N) is 2. The minimum absolute atomic E-state index is 0.466. The number of hydrogen-bond acceptors (Lipinski definition) is 6. The molecule has 0 saturated carbocycles. The van der Waals surface area contributed by atoms with Gasteiger partial charge in [-0.1, -0.05) is 53.1 Å². The van der Waals surface area contributed by atoms with E-state index in [0.717, 1.165) is 19.1 Å². The van der Waals surface area contributed by atoms with Gasteiger partial charge in [0.05, 0.1) is 6.10 Å². The van der Waals surface area contributed by atoms with E-state index in [4.69, 9.17) is 0 Å². The van der Waals surface area contributed by atoms with Crippen LogP contribution in [0.4, 0.5) is 0 Å². The molecule has 17 heavy (non-hydrogen) atoms. The smallest absolute Gasteiger partial charge is 0.179 e. The van der Waals surface area contributed by atoms with Gasteiger partial charge < -0.3 is 5.11 Å². The summed E-state index contributed by atoms with van der Waals surface area (Å²) in [5.41, 5.74) is 0.929. The van der Waals surface area contributed by atoms with Gasteiger partial charge in [-0.25, -0.2) is 0 Å². The number of benzene rings is 1. The highest BCUT2D eigenvalue weighted by Crippen LogP contribution is 2.36. The SMILES string of the molecule is CSc1nnc(Sc2ccccc2C(C)O)s1. The van der Waals surface area contributed by atoms with Crippen molar-refractivity contribution in [2.45, 2.75) is 26.6 Å². The molecule has 0 aliphatic carbocycles. The van der Waals surface area contributed by atoms with Crippen molar-refractivity contribution >= 4 is 34.9 Å². The molecule has 1 aromatic heterocycles. The zero-order valence-electron chi connectivity index (χ0n) is 9.45. The Bertz CT molecular complexity index is 499. The topological polar surface area (TPSA) is 46.0 Å². The summed E-state index contributed by atoms with van der Waals surface area (Å²) in [5.74, 6) is 0. The molecule has 1 aromatic carbocycles. The van der Waals surface area contributed by atoms with E-state index in [0.29, 0.717) is 0 Å². The van der Waals surface area contributed by atoms with Crippen LogP contribution in [0.2, 0.25) is 0 Å². The molecule has 90 valence electrons. The fourth-order valence-corrected chi connectivity index (χ4v) is 3.94. The Morgan fingerprint density at radius 1 is 1.24 bits per heavy atom. The van der Waals surface area contributed by atoms with Gasteiger partial charge in [0, 0.05) is 4.90 Å². The Morgan fingerprint density at radius 3 is 2.59 bits per heavy atom. The monoisotopic (exact) mass is 284 g/mol. The highest BCUT2D eigenvalue weighted by atomic mass is 32.2. The molecule has 1 N–H and O–H groups in total. The predicted octanol–water partition coefficient (Wildman–Crippen LogP) is 3.46. The van der Waals surface area contributed by atoms with Gasteiger partial charge in [0.25, 0.3) is 0 Å². The van der Waals surface area contributed by atoms with Crippen molar-refractivity contribution in [2.24, 2.45) is 0 Å². The van der Waals surface area contributed by atoms with E-state index < -0.39 is 6.10 Å². The maximum absolute atomic E-state index is 9.68. The van der Waals surface area contributed by atoms with Crippen molar-refractivity contribution in [1.82, 2.24) is 10.2 Å². The zero-order chi connectivity index (χ0) is 12.3. The highest BCUT2D eigenvalue weighted by molar-refractivity contribution is 8.03. The third-order valence-electron chi connectivity index (χ3n) is 2.13. The van der Waals surface area contributed by atoms with Crippen LogP contribution < -0.4 is 0 Å². The minimum atomic E-state index is -0.466. The molecule has 0 fully saturated rings. The van der Waals surface area contributed by atoms with Crippen LogP contribution in [-0.4, -0.2) is 21.6 Å². The summed E-state index contributed by atoms with van der Waals surface area (Å²) in [6.07, 6.45) is 1.52. The molecular formula is C11H12N2OS3. The standard InChI is InChI=1S/C11H12N2OS3/c1-7(14)8-5-3-4-6-9(8)16-11-13-12-10(15-2)17-11/h3-7,14H,1-2H3. The van der Waals surface area contributed by atoms with Gasteiger partial charge in [0.15, 0.2) is 8.68 Å². The number of aromatic nitrogens is 2. The van der Waals surface area contributed by atoms with E-state index in [-0.39, 0.29) is 0 Å². The molecule has 0 bridgehead atoms. The maximum atomic E-state index is 9.68. The molecule has 1 unspecified atom stereocenters. The number of aliphatic hydroxyl groups excluding tert-OH is 1. The van der Waals surface area contributed by atoms with Crippen LogP contribution in [-0.2, 0) is 0 Å². The van der Waals surface area contributed by atoms with E-state index in [1.807, 2.05) is 30.5 Å². The van der Waals surface area contributed by atoms with Gasteiger partial charge >= 0.3 is 0 Å². The van der Waals surface area contributed by atoms with Crippen molar-refractivity contribution in [3.63, 3.8) is 0 Å². The van der Waals surface area contributed by atoms with E-state index >= 15 is 0 Å². The largest absolute Gasteiger partial charge is 0.389 e. The van der Waals surface area contributed by atoms with Gasteiger partial charge in [-0.05, 0) is 24.8 Å². The van der Waals surface area contributed by atoms with Crippen LogP contribution in [0, 0.1) is 0 Å². The van der Waals surface area contributed by atoms with Crippen molar-refractivity contribution in [2.75, 3.05) is 6.26 Å². The first kappa shape index (κ1) is 12.9. The van der Waals surface area contributed by atoms with Gasteiger partial charge in [-0.15, -0.1) is 10.2 Å². The second-order valence-corrected chi connectivity index (χ2v) is 6.67. The molecule has 1 atom stereocenters. The van der Waals surface area contributed by atoms with Gasteiger partial charge in [-0.2, -0.15) is 0 Å². The van der Waals surface area contributed by atoms with E-state index in [9.17, 15) is 5.11 Å². The van der Waals surface area contributed by atoms with Crippen LogP contribution in [0.3, 0.4) is 0 Å². The van der Waals surface area contributed by atoms with E-state index in [1.54, 1.807) is 41.8 Å². The normalized spacial score (nSPS) is 12.6. The summed E-state index contributed by atoms with van der Waals surface area (Å²) >= 11 is 4.71. The maximum Gasteiger partial charge on any atom is 0.179 e. The molecule has 0 amide bonds. The lowest BCUT2D eigenvalue weighted by Gasteiger charge is -2.09. The van der Waals surface area contributed by atoms with Crippen molar-refractivity contribution in [3.8, 4) is 0 Å². The average molecular weight is 284 g/mol. The van der Waals surface area contributed by atoms with Crippen LogP contribution in [0.15, 0.2) is 37.8 Å². The Kier molecular flexibility index (Phi) is 4.44. The molecule has 2 rings (SSSR count). The molecule has 0 saturated heterocycles. The Hall–Kier alpha value is -0.560. The van der Waals surface area contributed by atoms with Crippen molar-refractivity contribution in [3.05, 3.63) is 29.8 Å². The first-order valence-electron chi connectivity index (χ1n) is 5.03. The summed E-state index contributed by atoms with van der Waals surface area (Å²) in [6.45, 7) is 1.77. The van der Waals surface area contributed by atoms with Crippen molar-refractivity contribution < 1.29 is 5.11 Å². The Labute approximate surface area is 113 Å². The van der Waals surface area contributed by atoms with Crippen LogP contribution in [0.25, 0.3) is 0 Å². The quantitative estimate of drug-likeness (QED) is 0.871. The molecule has 0 aliphatic rings. The molecule has 0 aliphatic heterocycles. The molecule has 6 heteroatoms. The number of rotatable bonds is 4. The first-order valence-corrected chi connectivity index (χ1v) is 7.89. The van der Waals surface area contributed by atoms with Crippen LogP contribution in [0.1, 0.15) is 18.6 Å². The fourth-order valence-electron chi connectivity index (χ4n) is 1.33. The zero-order valence-corrected chi connectivity index (χ0v) is 11.9. The minimum Gasteiger partial charge on any atom is -0.389 e. The molecule has 3 nitrogen and oxygen atoms in total. The van der Waals surface area contributed by atoms with Crippen LogP contribution >= 0.6 is 34.9 Å². The third-order valence-corrected chi connectivity index (χ3v) is 5.17. The summed E-state index contributed by atoms with van der Waals surface area (Å²) in [6, 6.07) is 7.82. The number of thioether (sulfide) groups is 1. The Balaban J connectivity index is 2.23. The fraction of sp³-hybridized carbons (Fsp3) is 0.273. The summed E-state index contributed by atoms with van der Waals surface area (Å²) in [7, 11) is 0. The molecule has 1 heterocycles. The summed E-state index contributed by atoms with van der Waals surface area (Å²) in [5, 5.41) is 17.8. The van der Waals surface area contributed by atoms with Crippen LogP contribution in [0.5, 0.6) is 0 Å². The Morgan fingerprint density at radius 2 is 1.94 bits per heavy atom. The highest BCUT2D eigenvalue weighted by Gasteiger charge is 2.11. The molecular weight excluding hydrogens is 272 g/mol. The lowest BCUT2D eigenvalue weighted by molar-refractivity contribution is 0.196. The summed E-state index contributed by atoms with van der Waals surface area (Å²) in [4.78, 5) is 1.03. The summed E-state index contributed by atoms with van der Waals surface area (Å²) < 4.78 is 1.87. The van der Waals surface area contributed by atoms with Gasteiger partial charge in [0.2, 0.25) is 0 Å². The molecule has 0 spiro atoms. The van der Waals surface area contributed by atoms with Gasteiger partial charge in [0.1, 0.15) is 0 Å². The van der Waals surface area contributed by atoms with E-state index in [1.165, 1.54) is 0 Å². The molecule has 2 aromatic rings. The number of hydrogen-bond donors (Lipinski definition) is 1. The first-order chi connectivity index (χ1) is 8.20. The lowest BCUT2D eigenvalue weighted by atomic mass is 10.1. The van der Waals surface area contributed by atoms with E-state index in [2.05, 4.69) is 10.2 Å². The number of aliphatic hydroxyl groups is 1. The predicted molar refractivity (Wildman–Crippen MR) is 72.9 cm³/mol. The second kappa shape index (κ2) is 5.86.